The lowest BCUT2D eigenvalue weighted by Crippen LogP contribution is -2.23. The number of carbonyl (C=O) groups excluding carboxylic acids is 1. The molecule has 4 nitrogen and oxygen atoms in total. The molecule has 21 heavy (non-hydrogen) atoms. The first-order valence-electron chi connectivity index (χ1n) is 7.22. The predicted molar refractivity (Wildman–Crippen MR) is 85.4 cm³/mol. The van der Waals surface area contributed by atoms with E-state index in [2.05, 4.69) is 22.5 Å². The molecule has 1 heterocycles. The van der Waals surface area contributed by atoms with Crippen LogP contribution in [0.5, 0.6) is 0 Å². The zero-order chi connectivity index (χ0) is 15.1. The summed E-state index contributed by atoms with van der Waals surface area (Å²) in [5, 5.41) is 6.22. The Labute approximate surface area is 125 Å². The summed E-state index contributed by atoms with van der Waals surface area (Å²) in [5.41, 5.74) is 3.96. The van der Waals surface area contributed by atoms with E-state index in [4.69, 9.17) is 0 Å². The number of nitrogens with zero attached hydrogens (tertiary/aromatic N) is 1. The van der Waals surface area contributed by atoms with Crippen LogP contribution in [0.3, 0.4) is 0 Å². The molecule has 0 atom stereocenters. The summed E-state index contributed by atoms with van der Waals surface area (Å²) in [5.74, 6) is -0.0296. The number of amides is 1. The molecule has 0 unspecified atom stereocenters. The SMILES string of the molecule is CCCNC(=O)c1cccc(NCc2cnccc2C)c1. The van der Waals surface area contributed by atoms with Crippen LogP contribution in [0.15, 0.2) is 42.7 Å². The van der Waals surface area contributed by atoms with Gasteiger partial charge in [-0.1, -0.05) is 13.0 Å². The lowest BCUT2D eigenvalue weighted by Gasteiger charge is -2.10. The molecule has 0 aliphatic heterocycles. The second-order valence-corrected chi connectivity index (χ2v) is 4.99. The highest BCUT2D eigenvalue weighted by Gasteiger charge is 2.05. The van der Waals surface area contributed by atoms with Gasteiger partial charge in [0.05, 0.1) is 0 Å². The summed E-state index contributed by atoms with van der Waals surface area (Å²) in [4.78, 5) is 16.1. The van der Waals surface area contributed by atoms with Gasteiger partial charge in [-0.2, -0.15) is 0 Å². The average molecular weight is 283 g/mol. The maximum Gasteiger partial charge on any atom is 0.251 e. The molecule has 1 aromatic carbocycles. The number of pyridine rings is 1. The molecule has 1 amide bonds. The van der Waals surface area contributed by atoms with Gasteiger partial charge in [-0.05, 0) is 48.7 Å². The first-order chi connectivity index (χ1) is 10.2. The van der Waals surface area contributed by atoms with E-state index in [1.54, 1.807) is 6.20 Å². The van der Waals surface area contributed by atoms with E-state index in [9.17, 15) is 4.79 Å². The second-order valence-electron chi connectivity index (χ2n) is 4.99. The molecule has 0 bridgehead atoms. The first-order valence-corrected chi connectivity index (χ1v) is 7.22. The Morgan fingerprint density at radius 1 is 1.29 bits per heavy atom. The number of carbonyl (C=O) groups is 1. The summed E-state index contributed by atoms with van der Waals surface area (Å²) < 4.78 is 0. The molecule has 0 aliphatic rings. The van der Waals surface area contributed by atoms with E-state index in [1.165, 1.54) is 5.56 Å². The van der Waals surface area contributed by atoms with Gasteiger partial charge in [-0.15, -0.1) is 0 Å². The van der Waals surface area contributed by atoms with Crippen molar-refractivity contribution < 1.29 is 4.79 Å². The highest BCUT2D eigenvalue weighted by atomic mass is 16.1. The molecule has 2 aromatic rings. The quantitative estimate of drug-likeness (QED) is 0.856. The number of nitrogens with one attached hydrogen (secondary N) is 2. The third kappa shape index (κ3) is 4.31. The fraction of sp³-hybridized carbons (Fsp3) is 0.294. The number of rotatable bonds is 6. The smallest absolute Gasteiger partial charge is 0.251 e. The fourth-order valence-corrected chi connectivity index (χ4v) is 1.99. The van der Waals surface area contributed by atoms with E-state index in [-0.39, 0.29) is 5.91 Å². The topological polar surface area (TPSA) is 54.0 Å². The molecule has 4 heteroatoms. The van der Waals surface area contributed by atoms with Crippen LogP contribution in [-0.4, -0.2) is 17.4 Å². The number of hydrogen-bond donors (Lipinski definition) is 2. The molecule has 0 saturated heterocycles. The van der Waals surface area contributed by atoms with Crippen LogP contribution in [0.25, 0.3) is 0 Å². The monoisotopic (exact) mass is 283 g/mol. The van der Waals surface area contributed by atoms with Crippen LogP contribution in [0.4, 0.5) is 5.69 Å². The van der Waals surface area contributed by atoms with Gasteiger partial charge in [0, 0.05) is 36.7 Å². The maximum atomic E-state index is 11.9. The normalized spacial score (nSPS) is 10.2. The minimum atomic E-state index is -0.0296. The van der Waals surface area contributed by atoms with Crippen molar-refractivity contribution in [1.82, 2.24) is 10.3 Å². The molecule has 0 aliphatic carbocycles. The van der Waals surface area contributed by atoms with E-state index in [0.717, 1.165) is 17.7 Å². The van der Waals surface area contributed by atoms with E-state index in [1.807, 2.05) is 43.5 Å². The maximum absolute atomic E-state index is 11.9. The Bertz CT molecular complexity index is 610. The molecule has 2 N–H and O–H groups in total. The number of anilines is 1. The van der Waals surface area contributed by atoms with Gasteiger partial charge in [0.2, 0.25) is 0 Å². The van der Waals surface area contributed by atoms with Crippen molar-refractivity contribution in [2.75, 3.05) is 11.9 Å². The van der Waals surface area contributed by atoms with Gasteiger partial charge in [-0.25, -0.2) is 0 Å². The Morgan fingerprint density at radius 2 is 2.14 bits per heavy atom. The molecule has 0 fully saturated rings. The number of aromatic nitrogens is 1. The Balaban J connectivity index is 2.01. The highest BCUT2D eigenvalue weighted by molar-refractivity contribution is 5.95. The Hall–Kier alpha value is -2.36. The number of hydrogen-bond acceptors (Lipinski definition) is 3. The lowest BCUT2D eigenvalue weighted by atomic mass is 10.1. The fourth-order valence-electron chi connectivity index (χ4n) is 1.99. The minimum absolute atomic E-state index is 0.0296. The molecule has 1 aromatic heterocycles. The van der Waals surface area contributed by atoms with E-state index >= 15 is 0 Å². The van der Waals surface area contributed by atoms with E-state index < -0.39 is 0 Å². The zero-order valence-electron chi connectivity index (χ0n) is 12.5. The Kier molecular flexibility index (Phi) is 5.32. The van der Waals surface area contributed by atoms with Crippen LogP contribution in [0.1, 0.15) is 34.8 Å². The van der Waals surface area contributed by atoms with Crippen LogP contribution in [-0.2, 0) is 6.54 Å². The van der Waals surface area contributed by atoms with Crippen molar-refractivity contribution in [3.8, 4) is 0 Å². The summed E-state index contributed by atoms with van der Waals surface area (Å²) in [6.07, 6.45) is 4.58. The van der Waals surface area contributed by atoms with Crippen molar-refractivity contribution in [3.05, 3.63) is 59.4 Å². The number of aryl methyl sites for hydroxylation is 1. The van der Waals surface area contributed by atoms with Crippen LogP contribution in [0.2, 0.25) is 0 Å². The summed E-state index contributed by atoms with van der Waals surface area (Å²) in [6, 6.07) is 9.54. The summed E-state index contributed by atoms with van der Waals surface area (Å²) in [7, 11) is 0. The van der Waals surface area contributed by atoms with Gasteiger partial charge >= 0.3 is 0 Å². The second kappa shape index (κ2) is 7.43. The average Bonchev–Trinajstić information content (AvgIpc) is 2.52. The van der Waals surface area contributed by atoms with Crippen molar-refractivity contribution in [2.45, 2.75) is 26.8 Å². The molecule has 0 spiro atoms. The van der Waals surface area contributed by atoms with Gasteiger partial charge in [0.1, 0.15) is 0 Å². The van der Waals surface area contributed by atoms with Crippen LogP contribution >= 0.6 is 0 Å². The minimum Gasteiger partial charge on any atom is -0.381 e. The molecule has 0 radical (unpaired) electrons. The number of benzene rings is 1. The van der Waals surface area contributed by atoms with Gasteiger partial charge in [0.25, 0.3) is 5.91 Å². The highest BCUT2D eigenvalue weighted by Crippen LogP contribution is 2.13. The summed E-state index contributed by atoms with van der Waals surface area (Å²) >= 11 is 0. The van der Waals surface area contributed by atoms with Crippen molar-refractivity contribution >= 4 is 11.6 Å². The van der Waals surface area contributed by atoms with Crippen molar-refractivity contribution in [2.24, 2.45) is 0 Å². The molecule has 2 rings (SSSR count). The third-order valence-corrected chi connectivity index (χ3v) is 3.29. The third-order valence-electron chi connectivity index (χ3n) is 3.29. The summed E-state index contributed by atoms with van der Waals surface area (Å²) in [6.45, 7) is 5.49. The molecular weight excluding hydrogens is 262 g/mol. The largest absolute Gasteiger partial charge is 0.381 e. The predicted octanol–water partition coefficient (Wildman–Crippen LogP) is 3.14. The van der Waals surface area contributed by atoms with Gasteiger partial charge in [-0.3, -0.25) is 9.78 Å². The Morgan fingerprint density at radius 3 is 2.90 bits per heavy atom. The van der Waals surface area contributed by atoms with Crippen molar-refractivity contribution in [3.63, 3.8) is 0 Å². The van der Waals surface area contributed by atoms with Crippen LogP contribution in [0, 0.1) is 6.92 Å². The van der Waals surface area contributed by atoms with Crippen LogP contribution < -0.4 is 10.6 Å². The van der Waals surface area contributed by atoms with E-state index in [0.29, 0.717) is 18.7 Å². The van der Waals surface area contributed by atoms with Gasteiger partial charge < -0.3 is 10.6 Å². The molecule has 110 valence electrons. The van der Waals surface area contributed by atoms with Gasteiger partial charge in [0.15, 0.2) is 0 Å². The first kappa shape index (κ1) is 15.0. The molecule has 0 saturated carbocycles. The molecular formula is C17H21N3O. The lowest BCUT2D eigenvalue weighted by molar-refractivity contribution is 0.0953. The standard InChI is InChI=1S/C17H21N3O/c1-3-8-19-17(21)14-5-4-6-16(10-14)20-12-15-11-18-9-7-13(15)2/h4-7,9-11,20H,3,8,12H2,1-2H3,(H,19,21). The van der Waals surface area contributed by atoms with Crippen molar-refractivity contribution in [1.29, 1.82) is 0 Å². The zero-order valence-corrected chi connectivity index (χ0v) is 12.5.